The summed E-state index contributed by atoms with van der Waals surface area (Å²) in [6, 6.07) is 13.1. The quantitative estimate of drug-likeness (QED) is 0.507. The number of benzene rings is 1. The average molecular weight is 380 g/mol. The maximum Gasteiger partial charge on any atom is 0.234 e. The van der Waals surface area contributed by atoms with Crippen LogP contribution in [0.25, 0.3) is 0 Å². The molecule has 0 aliphatic heterocycles. The highest BCUT2D eigenvalue weighted by Gasteiger charge is 2.07. The van der Waals surface area contributed by atoms with E-state index in [2.05, 4.69) is 20.3 Å². The van der Waals surface area contributed by atoms with Gasteiger partial charge in [-0.2, -0.15) is 0 Å². The summed E-state index contributed by atoms with van der Waals surface area (Å²) in [7, 11) is 0. The van der Waals surface area contributed by atoms with E-state index in [4.69, 9.17) is 4.74 Å². The third kappa shape index (κ3) is 5.79. The standard InChI is InChI=1S/C20H20N4O2S/c1-13-4-7-17(8-5-13)26-19-9-6-16(11-21-19)24-18(25)12-27-20-22-14(2)10-15(3)23-20/h4-11H,12H2,1-3H3,(H,24,25). The van der Waals surface area contributed by atoms with E-state index >= 15 is 0 Å². The van der Waals surface area contributed by atoms with Gasteiger partial charge in [-0.25, -0.2) is 15.0 Å². The Labute approximate surface area is 162 Å². The summed E-state index contributed by atoms with van der Waals surface area (Å²) in [5, 5.41) is 3.41. The number of amides is 1. The number of carbonyl (C=O) groups is 1. The summed E-state index contributed by atoms with van der Waals surface area (Å²) in [6.07, 6.45) is 1.57. The monoisotopic (exact) mass is 380 g/mol. The second kappa shape index (κ2) is 8.64. The van der Waals surface area contributed by atoms with Crippen LogP contribution in [0.3, 0.4) is 0 Å². The Balaban J connectivity index is 1.52. The molecule has 0 saturated heterocycles. The molecule has 0 aliphatic rings. The number of rotatable bonds is 6. The van der Waals surface area contributed by atoms with Gasteiger partial charge in [0, 0.05) is 17.5 Å². The van der Waals surface area contributed by atoms with E-state index in [1.54, 1.807) is 18.3 Å². The van der Waals surface area contributed by atoms with Gasteiger partial charge in [0.15, 0.2) is 5.16 Å². The molecule has 1 N–H and O–H groups in total. The molecule has 0 saturated carbocycles. The fourth-order valence-electron chi connectivity index (χ4n) is 2.33. The summed E-state index contributed by atoms with van der Waals surface area (Å²) in [6.45, 7) is 5.83. The molecule has 138 valence electrons. The number of ether oxygens (including phenoxy) is 1. The largest absolute Gasteiger partial charge is 0.439 e. The van der Waals surface area contributed by atoms with Gasteiger partial charge >= 0.3 is 0 Å². The normalized spacial score (nSPS) is 10.5. The van der Waals surface area contributed by atoms with Crippen molar-refractivity contribution in [1.29, 1.82) is 0 Å². The molecule has 2 heterocycles. The van der Waals surface area contributed by atoms with Crippen LogP contribution in [0.1, 0.15) is 17.0 Å². The number of pyridine rings is 1. The molecule has 1 aromatic carbocycles. The summed E-state index contributed by atoms with van der Waals surface area (Å²) >= 11 is 1.30. The van der Waals surface area contributed by atoms with Crippen molar-refractivity contribution in [3.8, 4) is 11.6 Å². The highest BCUT2D eigenvalue weighted by molar-refractivity contribution is 7.99. The van der Waals surface area contributed by atoms with Crippen LogP contribution < -0.4 is 10.1 Å². The van der Waals surface area contributed by atoms with Crippen LogP contribution in [0.2, 0.25) is 0 Å². The van der Waals surface area contributed by atoms with E-state index in [9.17, 15) is 4.79 Å². The van der Waals surface area contributed by atoms with Crippen molar-refractivity contribution >= 4 is 23.4 Å². The van der Waals surface area contributed by atoms with Gasteiger partial charge < -0.3 is 10.1 Å². The lowest BCUT2D eigenvalue weighted by Gasteiger charge is -2.07. The number of thioether (sulfide) groups is 1. The van der Waals surface area contributed by atoms with Crippen LogP contribution >= 0.6 is 11.8 Å². The first-order valence-corrected chi connectivity index (χ1v) is 9.42. The fraction of sp³-hybridized carbons (Fsp3) is 0.200. The van der Waals surface area contributed by atoms with Crippen LogP contribution in [-0.4, -0.2) is 26.6 Å². The molecule has 6 nitrogen and oxygen atoms in total. The van der Waals surface area contributed by atoms with Crippen LogP contribution in [0.4, 0.5) is 5.69 Å². The van der Waals surface area contributed by atoms with Crippen LogP contribution in [0, 0.1) is 20.8 Å². The van der Waals surface area contributed by atoms with E-state index in [0.29, 0.717) is 16.7 Å². The van der Waals surface area contributed by atoms with Gasteiger partial charge in [0.25, 0.3) is 0 Å². The summed E-state index contributed by atoms with van der Waals surface area (Å²) < 4.78 is 5.68. The van der Waals surface area contributed by atoms with Crippen molar-refractivity contribution < 1.29 is 9.53 Å². The number of carbonyl (C=O) groups excluding carboxylic acids is 1. The molecule has 0 spiro atoms. The molecular formula is C20H20N4O2S. The third-order valence-corrected chi connectivity index (χ3v) is 4.40. The molecule has 1 amide bonds. The van der Waals surface area contributed by atoms with Crippen molar-refractivity contribution in [2.75, 3.05) is 11.1 Å². The minimum absolute atomic E-state index is 0.142. The zero-order valence-electron chi connectivity index (χ0n) is 15.4. The van der Waals surface area contributed by atoms with E-state index < -0.39 is 0 Å². The van der Waals surface area contributed by atoms with Gasteiger partial charge in [0.1, 0.15) is 5.75 Å². The molecule has 3 aromatic rings. The lowest BCUT2D eigenvalue weighted by atomic mass is 10.2. The highest BCUT2D eigenvalue weighted by Crippen LogP contribution is 2.21. The van der Waals surface area contributed by atoms with Gasteiger partial charge in [-0.15, -0.1) is 0 Å². The van der Waals surface area contributed by atoms with E-state index in [0.717, 1.165) is 22.7 Å². The zero-order chi connectivity index (χ0) is 19.2. The maximum atomic E-state index is 12.1. The van der Waals surface area contributed by atoms with Gasteiger partial charge in [-0.05, 0) is 45.0 Å². The molecule has 0 unspecified atom stereocenters. The highest BCUT2D eigenvalue weighted by atomic mass is 32.2. The van der Waals surface area contributed by atoms with Crippen molar-refractivity contribution in [3.63, 3.8) is 0 Å². The van der Waals surface area contributed by atoms with Gasteiger partial charge in [-0.1, -0.05) is 29.5 Å². The maximum absolute atomic E-state index is 12.1. The van der Waals surface area contributed by atoms with Crippen molar-refractivity contribution in [2.45, 2.75) is 25.9 Å². The van der Waals surface area contributed by atoms with Crippen molar-refractivity contribution in [1.82, 2.24) is 15.0 Å². The Hall–Kier alpha value is -2.93. The van der Waals surface area contributed by atoms with Crippen molar-refractivity contribution in [2.24, 2.45) is 0 Å². The SMILES string of the molecule is Cc1ccc(Oc2ccc(NC(=O)CSc3nc(C)cc(C)n3)cn2)cc1. The number of aryl methyl sites for hydroxylation is 3. The molecular weight excluding hydrogens is 360 g/mol. The number of nitrogens with zero attached hydrogens (tertiary/aromatic N) is 3. The molecule has 0 atom stereocenters. The molecule has 7 heteroatoms. The number of anilines is 1. The van der Waals surface area contributed by atoms with E-state index in [1.807, 2.05) is 51.1 Å². The fourth-order valence-corrected chi connectivity index (χ4v) is 3.08. The molecule has 0 radical (unpaired) electrons. The smallest absolute Gasteiger partial charge is 0.234 e. The van der Waals surface area contributed by atoms with Gasteiger partial charge in [0.05, 0.1) is 17.6 Å². The molecule has 3 rings (SSSR count). The predicted octanol–water partition coefficient (Wildman–Crippen LogP) is 4.32. The number of hydrogen-bond donors (Lipinski definition) is 1. The Morgan fingerprint density at radius 3 is 2.37 bits per heavy atom. The summed E-state index contributed by atoms with van der Waals surface area (Å²) in [5.41, 5.74) is 3.55. The number of hydrogen-bond acceptors (Lipinski definition) is 6. The first-order chi connectivity index (χ1) is 13.0. The number of aromatic nitrogens is 3. The summed E-state index contributed by atoms with van der Waals surface area (Å²) in [5.74, 6) is 1.27. The first-order valence-electron chi connectivity index (χ1n) is 8.43. The zero-order valence-corrected chi connectivity index (χ0v) is 16.2. The van der Waals surface area contributed by atoms with Gasteiger partial charge in [0.2, 0.25) is 11.8 Å². The molecule has 0 fully saturated rings. The lowest BCUT2D eigenvalue weighted by molar-refractivity contribution is -0.113. The van der Waals surface area contributed by atoms with Crippen molar-refractivity contribution in [3.05, 3.63) is 65.6 Å². The Bertz CT molecular complexity index is 907. The average Bonchev–Trinajstić information content (AvgIpc) is 2.63. The summed E-state index contributed by atoms with van der Waals surface area (Å²) in [4.78, 5) is 25.0. The number of nitrogens with one attached hydrogen (secondary N) is 1. The van der Waals surface area contributed by atoms with E-state index in [-0.39, 0.29) is 11.7 Å². The lowest BCUT2D eigenvalue weighted by Crippen LogP contribution is -2.14. The minimum atomic E-state index is -0.142. The van der Waals surface area contributed by atoms with Crippen LogP contribution in [-0.2, 0) is 4.79 Å². The van der Waals surface area contributed by atoms with Crippen LogP contribution in [0.15, 0.2) is 53.8 Å². The second-order valence-electron chi connectivity index (χ2n) is 6.07. The van der Waals surface area contributed by atoms with Gasteiger partial charge in [-0.3, -0.25) is 4.79 Å². The Morgan fingerprint density at radius 2 is 1.74 bits per heavy atom. The Morgan fingerprint density at radius 1 is 1.04 bits per heavy atom. The molecule has 2 aromatic heterocycles. The Kier molecular flexibility index (Phi) is 6.03. The first kappa shape index (κ1) is 18.8. The molecule has 0 bridgehead atoms. The third-order valence-electron chi connectivity index (χ3n) is 3.56. The minimum Gasteiger partial charge on any atom is -0.439 e. The van der Waals surface area contributed by atoms with E-state index in [1.165, 1.54) is 11.8 Å². The molecule has 0 aliphatic carbocycles. The predicted molar refractivity (Wildman–Crippen MR) is 106 cm³/mol. The van der Waals surface area contributed by atoms with Crippen LogP contribution in [0.5, 0.6) is 11.6 Å². The topological polar surface area (TPSA) is 77.0 Å². The second-order valence-corrected chi connectivity index (χ2v) is 7.01. The molecule has 27 heavy (non-hydrogen) atoms.